The number of anilines is 4. The summed E-state index contributed by atoms with van der Waals surface area (Å²) in [5, 5.41) is 6.21. The van der Waals surface area contributed by atoms with Gasteiger partial charge in [-0.1, -0.05) is 30.3 Å². The zero-order valence-corrected chi connectivity index (χ0v) is 19.0. The highest BCUT2D eigenvalue weighted by atomic mass is 16.2. The Labute approximate surface area is 198 Å². The molecule has 0 bridgehead atoms. The van der Waals surface area contributed by atoms with Crippen molar-refractivity contribution < 1.29 is 14.4 Å². The van der Waals surface area contributed by atoms with Gasteiger partial charge in [-0.2, -0.15) is 0 Å². The molecule has 7 nitrogen and oxygen atoms in total. The van der Waals surface area contributed by atoms with E-state index in [2.05, 4.69) is 10.6 Å². The molecular formula is C27H26N4O3. The van der Waals surface area contributed by atoms with E-state index in [1.54, 1.807) is 21.9 Å². The summed E-state index contributed by atoms with van der Waals surface area (Å²) in [5.41, 5.74) is 2.98. The number of carbonyl (C=O) groups excluding carboxylic acids is 3. The Morgan fingerprint density at radius 1 is 0.882 bits per heavy atom. The molecule has 0 radical (unpaired) electrons. The van der Waals surface area contributed by atoms with Gasteiger partial charge < -0.3 is 15.5 Å². The second-order valence-electron chi connectivity index (χ2n) is 8.79. The van der Waals surface area contributed by atoms with Gasteiger partial charge in [-0.25, -0.2) is 0 Å². The first-order valence-electron chi connectivity index (χ1n) is 11.4. The summed E-state index contributed by atoms with van der Waals surface area (Å²) in [5.74, 6) is -0.329. The maximum Gasteiger partial charge on any atom is 0.257 e. The number of nitrogens with one attached hydrogen (secondary N) is 2. The van der Waals surface area contributed by atoms with Crippen molar-refractivity contribution in [1.29, 1.82) is 0 Å². The van der Waals surface area contributed by atoms with Crippen LogP contribution < -0.4 is 15.5 Å². The zero-order valence-electron chi connectivity index (χ0n) is 19.0. The topological polar surface area (TPSA) is 81.8 Å². The Morgan fingerprint density at radius 3 is 2.29 bits per heavy atom. The molecule has 2 aliphatic heterocycles. The second-order valence-corrected chi connectivity index (χ2v) is 8.79. The number of fused-ring (bicyclic) bond motifs is 3. The fourth-order valence-electron chi connectivity index (χ4n) is 4.80. The Hall–Kier alpha value is -4.13. The van der Waals surface area contributed by atoms with E-state index in [9.17, 15) is 14.4 Å². The molecule has 3 aromatic carbocycles. The minimum Gasteiger partial charge on any atom is -0.356 e. The van der Waals surface area contributed by atoms with Crippen molar-refractivity contribution in [3.05, 3.63) is 84.4 Å². The minimum absolute atomic E-state index is 0.00102. The quantitative estimate of drug-likeness (QED) is 0.563. The molecule has 0 aliphatic carbocycles. The predicted octanol–water partition coefficient (Wildman–Crippen LogP) is 4.76. The lowest BCUT2D eigenvalue weighted by Gasteiger charge is -2.48. The monoisotopic (exact) mass is 454 g/mol. The van der Waals surface area contributed by atoms with Crippen molar-refractivity contribution >= 4 is 40.5 Å². The van der Waals surface area contributed by atoms with Crippen molar-refractivity contribution in [3.8, 4) is 0 Å². The third-order valence-corrected chi connectivity index (χ3v) is 6.54. The van der Waals surface area contributed by atoms with Gasteiger partial charge in [0.25, 0.3) is 5.91 Å². The number of para-hydroxylation sites is 2. The van der Waals surface area contributed by atoms with Gasteiger partial charge in [-0.15, -0.1) is 0 Å². The normalized spacial score (nSPS) is 19.0. The number of amides is 3. The number of hydrogen-bond donors (Lipinski definition) is 2. The van der Waals surface area contributed by atoms with Crippen LogP contribution in [0.5, 0.6) is 0 Å². The lowest BCUT2D eigenvalue weighted by Crippen LogP contribution is -2.62. The third kappa shape index (κ3) is 3.90. The lowest BCUT2D eigenvalue weighted by atomic mass is 9.98. The maximum atomic E-state index is 13.3. The van der Waals surface area contributed by atoms with Crippen LogP contribution in [0.25, 0.3) is 0 Å². The van der Waals surface area contributed by atoms with Crippen LogP contribution in [-0.4, -0.2) is 34.8 Å². The Balaban J connectivity index is 1.25. The molecule has 1 atom stereocenters. The number of nitrogens with zero attached hydrogens (tertiary/aromatic N) is 2. The molecule has 5 rings (SSSR count). The first-order valence-corrected chi connectivity index (χ1v) is 11.4. The fourth-order valence-corrected chi connectivity index (χ4v) is 4.80. The molecule has 3 amide bonds. The van der Waals surface area contributed by atoms with Crippen molar-refractivity contribution in [2.45, 2.75) is 31.8 Å². The van der Waals surface area contributed by atoms with Crippen LogP contribution in [0.1, 0.15) is 36.5 Å². The van der Waals surface area contributed by atoms with Gasteiger partial charge in [-0.3, -0.25) is 19.3 Å². The molecule has 2 heterocycles. The third-order valence-electron chi connectivity index (χ3n) is 6.54. The van der Waals surface area contributed by atoms with Gasteiger partial charge in [0.2, 0.25) is 11.8 Å². The highest BCUT2D eigenvalue weighted by molar-refractivity contribution is 6.10. The molecule has 1 saturated heterocycles. The van der Waals surface area contributed by atoms with Crippen molar-refractivity contribution in [1.82, 2.24) is 4.90 Å². The largest absolute Gasteiger partial charge is 0.356 e. The highest BCUT2D eigenvalue weighted by Gasteiger charge is 2.52. The van der Waals surface area contributed by atoms with Crippen LogP contribution in [0.15, 0.2) is 78.9 Å². The van der Waals surface area contributed by atoms with Crippen molar-refractivity contribution in [2.24, 2.45) is 0 Å². The van der Waals surface area contributed by atoms with Crippen molar-refractivity contribution in [3.63, 3.8) is 0 Å². The molecule has 7 heteroatoms. The molecule has 3 aromatic rings. The molecule has 0 saturated carbocycles. The first kappa shape index (κ1) is 21.7. The van der Waals surface area contributed by atoms with Gasteiger partial charge in [-0.05, 0) is 61.9 Å². The summed E-state index contributed by atoms with van der Waals surface area (Å²) >= 11 is 0. The van der Waals surface area contributed by atoms with Crippen molar-refractivity contribution in [2.75, 3.05) is 22.1 Å². The average molecular weight is 455 g/mol. The van der Waals surface area contributed by atoms with Crippen LogP contribution in [0.3, 0.4) is 0 Å². The van der Waals surface area contributed by atoms with Crippen LogP contribution >= 0.6 is 0 Å². The Kier molecular flexibility index (Phi) is 5.53. The molecule has 0 aromatic heterocycles. The molecule has 1 unspecified atom stereocenters. The molecule has 172 valence electrons. The van der Waals surface area contributed by atoms with E-state index in [0.717, 1.165) is 11.4 Å². The van der Waals surface area contributed by atoms with E-state index in [1.165, 1.54) is 0 Å². The van der Waals surface area contributed by atoms with E-state index in [0.29, 0.717) is 29.8 Å². The van der Waals surface area contributed by atoms with Crippen LogP contribution in [0.4, 0.5) is 22.7 Å². The standard InChI is InChI=1S/C27H26N4O3/c1-27-17-15-25(33)31(27)23-10-6-5-9-22(23)26(34)30(27)18-16-24(32)29-21-13-11-20(12-14-21)28-19-7-3-2-4-8-19/h2-14,28H,15-18H2,1H3,(H,29,32). The van der Waals surface area contributed by atoms with E-state index in [-0.39, 0.29) is 30.7 Å². The predicted molar refractivity (Wildman–Crippen MR) is 132 cm³/mol. The van der Waals surface area contributed by atoms with Crippen LogP contribution in [0, 0.1) is 0 Å². The van der Waals surface area contributed by atoms with Gasteiger partial charge in [0, 0.05) is 36.4 Å². The molecule has 0 spiro atoms. The lowest BCUT2D eigenvalue weighted by molar-refractivity contribution is -0.117. The molecule has 1 fully saturated rings. The average Bonchev–Trinajstić information content (AvgIpc) is 3.16. The molecule has 2 aliphatic rings. The SMILES string of the molecule is CC12CCC(=O)N1c1ccccc1C(=O)N2CCC(=O)Nc1ccc(Nc2ccccc2)cc1. The maximum absolute atomic E-state index is 13.3. The van der Waals surface area contributed by atoms with E-state index in [1.807, 2.05) is 73.7 Å². The van der Waals surface area contributed by atoms with Crippen LogP contribution in [-0.2, 0) is 9.59 Å². The van der Waals surface area contributed by atoms with E-state index < -0.39 is 5.66 Å². The molecule has 34 heavy (non-hydrogen) atoms. The second kappa shape index (κ2) is 8.67. The van der Waals surface area contributed by atoms with Gasteiger partial charge in [0.1, 0.15) is 5.66 Å². The van der Waals surface area contributed by atoms with Crippen LogP contribution in [0.2, 0.25) is 0 Å². The Morgan fingerprint density at radius 2 is 1.53 bits per heavy atom. The summed E-state index contributed by atoms with van der Waals surface area (Å²) in [6.07, 6.45) is 1.06. The van der Waals surface area contributed by atoms with E-state index in [4.69, 9.17) is 0 Å². The summed E-state index contributed by atoms with van der Waals surface area (Å²) in [7, 11) is 0. The first-order chi connectivity index (χ1) is 16.5. The number of benzene rings is 3. The summed E-state index contributed by atoms with van der Waals surface area (Å²) in [6, 6.07) is 24.5. The Bertz CT molecular complexity index is 1240. The van der Waals surface area contributed by atoms with E-state index >= 15 is 0 Å². The summed E-state index contributed by atoms with van der Waals surface area (Å²) < 4.78 is 0. The highest BCUT2D eigenvalue weighted by Crippen LogP contribution is 2.43. The van der Waals surface area contributed by atoms with Gasteiger partial charge >= 0.3 is 0 Å². The number of carbonyl (C=O) groups is 3. The molecule has 2 N–H and O–H groups in total. The number of rotatable bonds is 6. The van der Waals surface area contributed by atoms with Gasteiger partial charge in [0.05, 0.1) is 11.3 Å². The fraction of sp³-hybridized carbons (Fsp3) is 0.222. The summed E-state index contributed by atoms with van der Waals surface area (Å²) in [4.78, 5) is 42.0. The molecular weight excluding hydrogens is 428 g/mol. The minimum atomic E-state index is -0.756. The zero-order chi connectivity index (χ0) is 23.7. The number of hydrogen-bond acceptors (Lipinski definition) is 4. The van der Waals surface area contributed by atoms with Gasteiger partial charge in [0.15, 0.2) is 0 Å². The smallest absolute Gasteiger partial charge is 0.257 e. The summed E-state index contributed by atoms with van der Waals surface area (Å²) in [6.45, 7) is 2.13.